The average molecular weight is 373 g/mol. The van der Waals surface area contributed by atoms with Gasteiger partial charge in [0, 0.05) is 24.3 Å². The molecular formula is C18H19N3O4S. The summed E-state index contributed by atoms with van der Waals surface area (Å²) in [6, 6.07) is 6.70. The van der Waals surface area contributed by atoms with Gasteiger partial charge in [-0.15, -0.1) is 11.3 Å². The Morgan fingerprint density at radius 1 is 1.19 bits per heavy atom. The zero-order chi connectivity index (χ0) is 18.7. The maximum absolute atomic E-state index is 12.5. The molecule has 3 rings (SSSR count). The molecule has 0 aliphatic carbocycles. The minimum atomic E-state index is -0.798. The summed E-state index contributed by atoms with van der Waals surface area (Å²) in [5.41, 5.74) is 1.12. The van der Waals surface area contributed by atoms with E-state index in [-0.39, 0.29) is 17.7 Å². The number of benzene rings is 1. The number of anilines is 1. The number of carbonyl (C=O) groups is 3. The van der Waals surface area contributed by atoms with Crippen LogP contribution in [0, 0.1) is 12.8 Å². The number of carboxylic acids is 1. The van der Waals surface area contributed by atoms with Crippen LogP contribution in [-0.4, -0.2) is 45.9 Å². The summed E-state index contributed by atoms with van der Waals surface area (Å²) in [6.07, 6.45) is 2.49. The van der Waals surface area contributed by atoms with E-state index in [1.807, 2.05) is 6.92 Å². The molecule has 2 N–H and O–H groups in total. The molecule has 0 bridgehead atoms. The van der Waals surface area contributed by atoms with Gasteiger partial charge in [-0.1, -0.05) is 0 Å². The van der Waals surface area contributed by atoms with E-state index < -0.39 is 5.97 Å². The molecule has 1 aliphatic heterocycles. The van der Waals surface area contributed by atoms with E-state index in [4.69, 9.17) is 5.11 Å². The van der Waals surface area contributed by atoms with Crippen molar-refractivity contribution in [2.75, 3.05) is 18.4 Å². The number of piperidine rings is 1. The highest BCUT2D eigenvalue weighted by molar-refractivity contribution is 7.13. The summed E-state index contributed by atoms with van der Waals surface area (Å²) in [5.74, 6) is -1.52. The summed E-state index contributed by atoms with van der Waals surface area (Å²) in [6.45, 7) is 2.72. The van der Waals surface area contributed by atoms with Crippen molar-refractivity contribution in [2.45, 2.75) is 19.8 Å². The SMILES string of the molecule is Cc1ncc(C(=O)Nc2ccc(C(=O)N3CCC(C(=O)O)CC3)cc2)s1. The quantitative estimate of drug-likeness (QED) is 0.858. The Morgan fingerprint density at radius 2 is 1.85 bits per heavy atom. The lowest BCUT2D eigenvalue weighted by Crippen LogP contribution is -2.40. The average Bonchev–Trinajstić information content (AvgIpc) is 3.08. The molecule has 8 heteroatoms. The predicted molar refractivity (Wildman–Crippen MR) is 97.5 cm³/mol. The molecule has 2 aromatic rings. The van der Waals surface area contributed by atoms with Crippen molar-refractivity contribution in [3.8, 4) is 0 Å². The largest absolute Gasteiger partial charge is 0.481 e. The van der Waals surface area contributed by atoms with Crippen molar-refractivity contribution in [3.05, 3.63) is 45.9 Å². The van der Waals surface area contributed by atoms with Gasteiger partial charge < -0.3 is 15.3 Å². The van der Waals surface area contributed by atoms with E-state index in [1.165, 1.54) is 17.5 Å². The first kappa shape index (κ1) is 18.1. The Balaban J connectivity index is 1.59. The molecule has 0 atom stereocenters. The second kappa shape index (κ2) is 7.65. The second-order valence-corrected chi connectivity index (χ2v) is 7.41. The number of nitrogens with zero attached hydrogens (tertiary/aromatic N) is 2. The lowest BCUT2D eigenvalue weighted by atomic mass is 9.96. The van der Waals surface area contributed by atoms with Crippen molar-refractivity contribution in [2.24, 2.45) is 5.92 Å². The van der Waals surface area contributed by atoms with Crippen LogP contribution >= 0.6 is 11.3 Å². The van der Waals surface area contributed by atoms with Crippen LogP contribution < -0.4 is 5.32 Å². The van der Waals surface area contributed by atoms with Crippen LogP contribution in [0.4, 0.5) is 5.69 Å². The number of carbonyl (C=O) groups excluding carboxylic acids is 2. The van der Waals surface area contributed by atoms with Gasteiger partial charge in [-0.3, -0.25) is 14.4 Å². The maximum Gasteiger partial charge on any atom is 0.306 e. The highest BCUT2D eigenvalue weighted by atomic mass is 32.1. The van der Waals surface area contributed by atoms with Crippen LogP contribution in [-0.2, 0) is 4.79 Å². The van der Waals surface area contributed by atoms with E-state index in [9.17, 15) is 14.4 Å². The van der Waals surface area contributed by atoms with Crippen molar-refractivity contribution < 1.29 is 19.5 Å². The van der Waals surface area contributed by atoms with Crippen LogP contribution in [0.5, 0.6) is 0 Å². The minimum absolute atomic E-state index is 0.121. The third-order valence-corrected chi connectivity index (χ3v) is 5.28. The van der Waals surface area contributed by atoms with Gasteiger partial charge >= 0.3 is 5.97 Å². The van der Waals surface area contributed by atoms with Gasteiger partial charge in [0.25, 0.3) is 11.8 Å². The second-order valence-electron chi connectivity index (χ2n) is 6.18. The normalized spacial score (nSPS) is 14.9. The van der Waals surface area contributed by atoms with Crippen LogP contribution in [0.2, 0.25) is 0 Å². The molecule has 1 fully saturated rings. The van der Waals surface area contributed by atoms with E-state index in [0.717, 1.165) is 5.01 Å². The van der Waals surface area contributed by atoms with Crippen LogP contribution in [0.1, 0.15) is 37.9 Å². The number of hydrogen-bond donors (Lipinski definition) is 2. The summed E-state index contributed by atoms with van der Waals surface area (Å²) < 4.78 is 0. The molecule has 0 radical (unpaired) electrons. The van der Waals surface area contributed by atoms with Crippen molar-refractivity contribution in [3.63, 3.8) is 0 Å². The molecular weight excluding hydrogens is 354 g/mol. The van der Waals surface area contributed by atoms with Crippen molar-refractivity contribution in [1.29, 1.82) is 0 Å². The molecule has 1 aromatic carbocycles. The zero-order valence-corrected chi connectivity index (χ0v) is 15.1. The summed E-state index contributed by atoms with van der Waals surface area (Å²) >= 11 is 1.32. The lowest BCUT2D eigenvalue weighted by Gasteiger charge is -2.30. The Labute approximate surface area is 154 Å². The molecule has 2 heterocycles. The molecule has 1 aliphatic rings. The first-order valence-electron chi connectivity index (χ1n) is 8.30. The van der Waals surface area contributed by atoms with Crippen molar-refractivity contribution in [1.82, 2.24) is 9.88 Å². The molecule has 0 spiro atoms. The highest BCUT2D eigenvalue weighted by Gasteiger charge is 2.27. The van der Waals surface area contributed by atoms with Gasteiger partial charge in [-0.05, 0) is 44.0 Å². The number of aryl methyl sites for hydroxylation is 1. The number of amides is 2. The third-order valence-electron chi connectivity index (χ3n) is 4.37. The number of thiazole rings is 1. The van der Waals surface area contributed by atoms with Crippen LogP contribution in [0.3, 0.4) is 0 Å². The van der Waals surface area contributed by atoms with Crippen molar-refractivity contribution >= 4 is 34.8 Å². The van der Waals surface area contributed by atoms with Gasteiger partial charge in [0.2, 0.25) is 0 Å². The molecule has 2 amide bonds. The Kier molecular flexibility index (Phi) is 5.32. The molecule has 0 saturated carbocycles. The third kappa shape index (κ3) is 4.08. The monoisotopic (exact) mass is 373 g/mol. The summed E-state index contributed by atoms with van der Waals surface area (Å²) in [7, 11) is 0. The Morgan fingerprint density at radius 3 is 2.38 bits per heavy atom. The Hall–Kier alpha value is -2.74. The number of rotatable bonds is 4. The predicted octanol–water partition coefficient (Wildman–Crippen LogP) is 2.64. The fourth-order valence-electron chi connectivity index (χ4n) is 2.87. The molecule has 7 nitrogen and oxygen atoms in total. The molecule has 1 aromatic heterocycles. The topological polar surface area (TPSA) is 99.6 Å². The molecule has 1 saturated heterocycles. The van der Waals surface area contributed by atoms with Crippen LogP contribution in [0.15, 0.2) is 30.5 Å². The summed E-state index contributed by atoms with van der Waals surface area (Å²) in [4.78, 5) is 41.9. The fourth-order valence-corrected chi connectivity index (χ4v) is 3.54. The fraction of sp³-hybridized carbons (Fsp3) is 0.333. The molecule has 136 valence electrons. The van der Waals surface area contributed by atoms with Gasteiger partial charge in [0.1, 0.15) is 4.88 Å². The smallest absolute Gasteiger partial charge is 0.306 e. The number of hydrogen-bond acceptors (Lipinski definition) is 5. The van der Waals surface area contributed by atoms with Crippen LogP contribution in [0.25, 0.3) is 0 Å². The molecule has 26 heavy (non-hydrogen) atoms. The number of nitrogens with one attached hydrogen (secondary N) is 1. The van der Waals surface area contributed by atoms with E-state index in [1.54, 1.807) is 29.2 Å². The first-order chi connectivity index (χ1) is 12.4. The standard InChI is InChI=1S/C18H19N3O4S/c1-11-19-10-15(26-11)16(22)20-14-4-2-12(3-5-14)17(23)21-8-6-13(7-9-21)18(24)25/h2-5,10,13H,6-9H2,1H3,(H,20,22)(H,24,25). The van der Waals surface area contributed by atoms with E-state index in [0.29, 0.717) is 42.1 Å². The lowest BCUT2D eigenvalue weighted by molar-refractivity contribution is -0.143. The van der Waals surface area contributed by atoms with E-state index >= 15 is 0 Å². The number of carboxylic acid groups (broad SMARTS) is 1. The highest BCUT2D eigenvalue weighted by Crippen LogP contribution is 2.20. The molecule has 0 unspecified atom stereocenters. The van der Waals surface area contributed by atoms with Gasteiger partial charge in [0.15, 0.2) is 0 Å². The zero-order valence-electron chi connectivity index (χ0n) is 14.3. The number of likely N-dealkylation sites (tertiary alicyclic amines) is 1. The Bertz CT molecular complexity index is 823. The summed E-state index contributed by atoms with van der Waals surface area (Å²) in [5, 5.41) is 12.6. The minimum Gasteiger partial charge on any atom is -0.481 e. The first-order valence-corrected chi connectivity index (χ1v) is 9.11. The van der Waals surface area contributed by atoms with Gasteiger partial charge in [-0.25, -0.2) is 4.98 Å². The van der Waals surface area contributed by atoms with E-state index in [2.05, 4.69) is 10.3 Å². The van der Waals surface area contributed by atoms with Gasteiger partial charge in [-0.2, -0.15) is 0 Å². The maximum atomic E-state index is 12.5. The number of aliphatic carboxylic acids is 1. The number of aromatic nitrogens is 1. The van der Waals surface area contributed by atoms with Gasteiger partial charge in [0.05, 0.1) is 17.1 Å².